The lowest BCUT2D eigenvalue weighted by molar-refractivity contribution is -0.158. The molecule has 7 nitrogen and oxygen atoms in total. The molecule has 0 saturated carbocycles. The molecule has 2 N–H and O–H groups in total. The molecule has 21 heavy (non-hydrogen) atoms. The summed E-state index contributed by atoms with van der Waals surface area (Å²) in [6.07, 6.45) is 3.84. The number of nitrogens with zero attached hydrogens (tertiary/aromatic N) is 2. The van der Waals surface area contributed by atoms with Crippen LogP contribution in [0.3, 0.4) is 0 Å². The van der Waals surface area contributed by atoms with Crippen molar-refractivity contribution >= 4 is 18.3 Å². The molecule has 120 valence electrons. The molecule has 2 amide bonds. The minimum absolute atomic E-state index is 0.0451. The third-order valence-electron chi connectivity index (χ3n) is 3.87. The van der Waals surface area contributed by atoms with Crippen molar-refractivity contribution in [3.05, 3.63) is 0 Å². The molecular formula is C14H24N2O5. The molecule has 0 bridgehead atoms. The van der Waals surface area contributed by atoms with Gasteiger partial charge in [-0.25, -0.2) is 5.06 Å². The van der Waals surface area contributed by atoms with Crippen molar-refractivity contribution in [2.24, 2.45) is 11.8 Å². The lowest BCUT2D eigenvalue weighted by Crippen LogP contribution is -2.47. The van der Waals surface area contributed by atoms with Crippen molar-refractivity contribution in [3.63, 3.8) is 0 Å². The lowest BCUT2D eigenvalue weighted by Gasteiger charge is -2.33. The topological polar surface area (TPSA) is 98.2 Å². The number of hydrogen-bond donors (Lipinski definition) is 2. The summed E-state index contributed by atoms with van der Waals surface area (Å²) in [5, 5.41) is 18.9. The number of carbonyl (C=O) groups excluding carboxylic acids is 2. The minimum atomic E-state index is -0.880. The zero-order valence-electron chi connectivity index (χ0n) is 12.4. The van der Waals surface area contributed by atoms with E-state index in [-0.39, 0.29) is 25.4 Å². The van der Waals surface area contributed by atoms with Gasteiger partial charge in [0.25, 0.3) is 0 Å². The first kappa shape index (κ1) is 17.4. The molecule has 1 aliphatic rings. The zero-order chi connectivity index (χ0) is 15.8. The zero-order valence-corrected chi connectivity index (χ0v) is 12.4. The van der Waals surface area contributed by atoms with Crippen LogP contribution in [0, 0.1) is 11.8 Å². The number of likely N-dealkylation sites (tertiary alicyclic amines) is 1. The Kier molecular flexibility index (Phi) is 7.14. The molecule has 0 aromatic carbocycles. The summed E-state index contributed by atoms with van der Waals surface area (Å²) in [6.45, 7) is 2.71. The predicted molar refractivity (Wildman–Crippen MR) is 74.5 cm³/mol. The van der Waals surface area contributed by atoms with Crippen LogP contribution >= 0.6 is 0 Å². The van der Waals surface area contributed by atoms with Crippen molar-refractivity contribution in [2.45, 2.75) is 39.0 Å². The van der Waals surface area contributed by atoms with E-state index in [0.29, 0.717) is 30.9 Å². The smallest absolute Gasteiger partial charge is 0.308 e. The Morgan fingerprint density at radius 2 is 2.19 bits per heavy atom. The fourth-order valence-corrected chi connectivity index (χ4v) is 2.65. The highest BCUT2D eigenvalue weighted by atomic mass is 16.5. The van der Waals surface area contributed by atoms with Crippen molar-refractivity contribution in [3.8, 4) is 0 Å². The number of hydroxylamine groups is 2. The average molecular weight is 300 g/mol. The summed E-state index contributed by atoms with van der Waals surface area (Å²) in [5.41, 5.74) is 0. The van der Waals surface area contributed by atoms with Crippen LogP contribution in [-0.2, 0) is 14.4 Å². The van der Waals surface area contributed by atoms with Gasteiger partial charge in [0.15, 0.2) is 0 Å². The Morgan fingerprint density at radius 3 is 2.76 bits per heavy atom. The van der Waals surface area contributed by atoms with Gasteiger partial charge in [-0.1, -0.05) is 19.8 Å². The van der Waals surface area contributed by atoms with E-state index in [2.05, 4.69) is 0 Å². The summed E-state index contributed by atoms with van der Waals surface area (Å²) in [7, 11) is 0. The van der Waals surface area contributed by atoms with Crippen molar-refractivity contribution in [2.75, 3.05) is 19.6 Å². The lowest BCUT2D eigenvalue weighted by atomic mass is 9.95. The van der Waals surface area contributed by atoms with Crippen LogP contribution in [0.1, 0.15) is 39.0 Å². The van der Waals surface area contributed by atoms with E-state index >= 15 is 0 Å². The highest BCUT2D eigenvalue weighted by Gasteiger charge is 2.32. The van der Waals surface area contributed by atoms with Gasteiger partial charge in [0, 0.05) is 13.1 Å². The second kappa shape index (κ2) is 8.61. The van der Waals surface area contributed by atoms with Crippen molar-refractivity contribution < 1.29 is 24.7 Å². The molecule has 1 fully saturated rings. The molecule has 1 rings (SSSR count). The van der Waals surface area contributed by atoms with Crippen LogP contribution in [0.15, 0.2) is 0 Å². The van der Waals surface area contributed by atoms with Crippen LogP contribution in [0.25, 0.3) is 0 Å². The number of carbonyl (C=O) groups is 3. The monoisotopic (exact) mass is 300 g/mol. The van der Waals surface area contributed by atoms with Crippen LogP contribution in [0.4, 0.5) is 0 Å². The Hall–Kier alpha value is -1.63. The molecule has 1 saturated heterocycles. The number of unbranched alkanes of at least 4 members (excludes halogenated alkanes) is 1. The normalized spacial score (nSPS) is 19.9. The Morgan fingerprint density at radius 1 is 1.48 bits per heavy atom. The second-order valence-electron chi connectivity index (χ2n) is 5.53. The molecule has 0 radical (unpaired) electrons. The largest absolute Gasteiger partial charge is 0.481 e. The highest BCUT2D eigenvalue weighted by Crippen LogP contribution is 2.21. The summed E-state index contributed by atoms with van der Waals surface area (Å²) < 4.78 is 0. The van der Waals surface area contributed by atoms with E-state index in [4.69, 9.17) is 5.11 Å². The summed E-state index contributed by atoms with van der Waals surface area (Å²) in [4.78, 5) is 35.6. The average Bonchev–Trinajstić information content (AvgIpc) is 2.50. The SMILES string of the molecule is CCCCC(CN(O)C=O)C(=O)N1CCCC(C(=O)O)C1. The maximum atomic E-state index is 12.5. The van der Waals surface area contributed by atoms with Crippen LogP contribution < -0.4 is 0 Å². The Labute approximate surface area is 124 Å². The minimum Gasteiger partial charge on any atom is -0.481 e. The molecule has 1 aliphatic heterocycles. The van der Waals surface area contributed by atoms with Gasteiger partial charge in [-0.05, 0) is 19.3 Å². The van der Waals surface area contributed by atoms with Gasteiger partial charge in [-0.15, -0.1) is 0 Å². The fourth-order valence-electron chi connectivity index (χ4n) is 2.65. The number of carboxylic acid groups (broad SMARTS) is 1. The summed E-state index contributed by atoms with van der Waals surface area (Å²) >= 11 is 0. The first-order chi connectivity index (χ1) is 9.99. The number of rotatable bonds is 8. The summed E-state index contributed by atoms with van der Waals surface area (Å²) in [6, 6.07) is 0. The molecule has 0 spiro atoms. The molecule has 2 unspecified atom stereocenters. The number of hydrogen-bond acceptors (Lipinski definition) is 4. The van der Waals surface area contributed by atoms with Crippen molar-refractivity contribution in [1.29, 1.82) is 0 Å². The van der Waals surface area contributed by atoms with Crippen molar-refractivity contribution in [1.82, 2.24) is 9.96 Å². The first-order valence-corrected chi connectivity index (χ1v) is 7.42. The third-order valence-corrected chi connectivity index (χ3v) is 3.87. The third kappa shape index (κ3) is 5.34. The van der Waals surface area contributed by atoms with E-state index < -0.39 is 17.8 Å². The molecule has 0 aromatic heterocycles. The fraction of sp³-hybridized carbons (Fsp3) is 0.786. The number of piperidine rings is 1. The van der Waals surface area contributed by atoms with E-state index in [9.17, 15) is 19.6 Å². The standard InChI is InChI=1S/C14H24N2O5/c1-2-3-5-11(9-16(21)10-17)13(18)15-7-4-6-12(8-15)14(19)20/h10-12,21H,2-9H2,1H3,(H,19,20). The van der Waals surface area contributed by atoms with Gasteiger partial charge in [0.2, 0.25) is 12.3 Å². The Balaban J connectivity index is 2.68. The van der Waals surface area contributed by atoms with Gasteiger partial charge < -0.3 is 10.0 Å². The van der Waals surface area contributed by atoms with Gasteiger partial charge in [0.05, 0.1) is 18.4 Å². The van der Waals surface area contributed by atoms with Crippen LogP contribution in [-0.4, -0.2) is 58.2 Å². The quantitative estimate of drug-likeness (QED) is 0.395. The number of amides is 2. The molecule has 1 heterocycles. The van der Waals surface area contributed by atoms with E-state index in [1.807, 2.05) is 6.92 Å². The molecule has 7 heteroatoms. The molecule has 0 aromatic rings. The van der Waals surface area contributed by atoms with Gasteiger partial charge >= 0.3 is 5.97 Å². The summed E-state index contributed by atoms with van der Waals surface area (Å²) in [5.74, 6) is -2.05. The molecule has 0 aliphatic carbocycles. The Bertz CT molecular complexity index is 374. The van der Waals surface area contributed by atoms with E-state index in [1.165, 1.54) is 0 Å². The van der Waals surface area contributed by atoms with Gasteiger partial charge in [-0.3, -0.25) is 19.6 Å². The molecule has 2 atom stereocenters. The van der Waals surface area contributed by atoms with Gasteiger partial charge in [0.1, 0.15) is 0 Å². The van der Waals surface area contributed by atoms with Crippen LogP contribution in [0.2, 0.25) is 0 Å². The first-order valence-electron chi connectivity index (χ1n) is 7.42. The molecular weight excluding hydrogens is 276 g/mol. The van der Waals surface area contributed by atoms with Crippen LogP contribution in [0.5, 0.6) is 0 Å². The van der Waals surface area contributed by atoms with E-state index in [0.717, 1.165) is 12.8 Å². The predicted octanol–water partition coefficient (Wildman–Crippen LogP) is 0.964. The number of aliphatic carboxylic acids is 1. The van der Waals surface area contributed by atoms with Gasteiger partial charge in [-0.2, -0.15) is 0 Å². The second-order valence-corrected chi connectivity index (χ2v) is 5.53. The maximum Gasteiger partial charge on any atom is 0.308 e. The highest BCUT2D eigenvalue weighted by molar-refractivity contribution is 5.80. The maximum absolute atomic E-state index is 12.5. The van der Waals surface area contributed by atoms with E-state index in [1.54, 1.807) is 4.90 Å². The number of carboxylic acids is 1.